The molecule has 3 heterocycles. The van der Waals surface area contributed by atoms with Gasteiger partial charge in [0.25, 0.3) is 0 Å². The summed E-state index contributed by atoms with van der Waals surface area (Å²) in [6.45, 7) is 0. The molecule has 0 atom stereocenters. The molecule has 3 rings (SSSR count). The second-order valence-corrected chi connectivity index (χ2v) is 9.35. The molecule has 22 heavy (non-hydrogen) atoms. The van der Waals surface area contributed by atoms with Crippen molar-refractivity contribution in [2.75, 3.05) is 0 Å². The SMILES string of the molecule is Ic1cnn([C-](n2cc(I)cn2)n2cc(I)cn2)c1.[Cl][Mn][Cl]. The molecule has 0 spiro atoms. The van der Waals surface area contributed by atoms with Gasteiger partial charge in [-0.25, -0.2) is 0 Å². The van der Waals surface area contributed by atoms with Crippen molar-refractivity contribution in [2.24, 2.45) is 0 Å². The first kappa shape index (κ1) is 19.1. The molecule has 12 heteroatoms. The summed E-state index contributed by atoms with van der Waals surface area (Å²) in [5.41, 5.74) is 0. The van der Waals surface area contributed by atoms with E-state index in [2.05, 4.69) is 83.1 Å². The Labute approximate surface area is 182 Å². The van der Waals surface area contributed by atoms with Crippen LogP contribution in [0.15, 0.2) is 37.2 Å². The fourth-order valence-electron chi connectivity index (χ4n) is 1.55. The zero-order valence-corrected chi connectivity index (χ0v) is 19.6. The van der Waals surface area contributed by atoms with Crippen LogP contribution in [0.2, 0.25) is 0 Å². The number of hydrogen-bond donors (Lipinski definition) is 0. The summed E-state index contributed by atoms with van der Waals surface area (Å²) >= 11 is 6.68. The Bertz CT molecular complexity index is 634. The number of halogens is 5. The summed E-state index contributed by atoms with van der Waals surface area (Å²) in [6.07, 6.45) is 11.9. The first-order valence-electron chi connectivity index (χ1n) is 5.40. The minimum absolute atomic E-state index is 0.00694. The van der Waals surface area contributed by atoms with Crippen LogP contribution in [0.25, 0.3) is 0 Å². The summed E-state index contributed by atoms with van der Waals surface area (Å²) in [5.74, 6) is 0. The van der Waals surface area contributed by atoms with Crippen LogP contribution in [0.3, 0.4) is 0 Å². The molecular weight excluding hydrogens is 711 g/mol. The van der Waals surface area contributed by atoms with Crippen molar-refractivity contribution in [1.29, 1.82) is 0 Å². The number of rotatable bonds is 3. The molecule has 3 aromatic rings. The molecule has 0 aliphatic rings. The number of nitrogens with zero attached hydrogens (tertiary/aromatic N) is 6. The van der Waals surface area contributed by atoms with Crippen LogP contribution in [-0.2, 0) is 13.1 Å². The third kappa shape index (κ3) is 5.14. The molecule has 0 aliphatic heterocycles. The topological polar surface area (TPSA) is 53.5 Å². The second-order valence-electron chi connectivity index (χ2n) is 3.66. The van der Waals surface area contributed by atoms with Crippen LogP contribution in [0.4, 0.5) is 0 Å². The van der Waals surface area contributed by atoms with Gasteiger partial charge in [0.2, 0.25) is 0 Å². The van der Waals surface area contributed by atoms with Crippen LogP contribution in [0.5, 0.6) is 0 Å². The average molecular weight is 717 g/mol. The minimum atomic E-state index is 0.00694. The first-order chi connectivity index (χ1) is 10.5. The summed E-state index contributed by atoms with van der Waals surface area (Å²) in [5, 5.41) is 13.0. The van der Waals surface area contributed by atoms with Gasteiger partial charge in [-0.05, 0) is 18.6 Å². The monoisotopic (exact) mass is 716 g/mol. The zero-order valence-electron chi connectivity index (χ0n) is 10.4. The normalized spacial score (nSPS) is 10.2. The van der Waals surface area contributed by atoms with Crippen molar-refractivity contribution in [3.05, 3.63) is 54.2 Å². The van der Waals surface area contributed by atoms with Gasteiger partial charge in [0.1, 0.15) is 0 Å². The molecule has 3 aromatic heterocycles. The van der Waals surface area contributed by atoms with E-state index in [0.29, 0.717) is 0 Å². The van der Waals surface area contributed by atoms with Gasteiger partial charge in [-0.1, -0.05) is 67.8 Å². The van der Waals surface area contributed by atoms with Crippen LogP contribution in [0.1, 0.15) is 0 Å². The Balaban J connectivity index is 0.000000545. The molecule has 0 unspecified atom stereocenters. The quantitative estimate of drug-likeness (QED) is 0.235. The standard InChI is InChI=1S/C10H6I3N6.2ClH.Mn/c11-7-1-14-17(4-7)10(18-5-8(12)2-15-18)19-6-9(13)3-16-19;;;/h1-6H;2*1H;/q-1;;;+2/p-2. The van der Waals surface area contributed by atoms with E-state index < -0.39 is 0 Å². The van der Waals surface area contributed by atoms with Crippen molar-refractivity contribution in [3.63, 3.8) is 0 Å². The molecule has 0 amide bonds. The van der Waals surface area contributed by atoms with Crippen LogP contribution >= 0.6 is 88.0 Å². The second kappa shape index (κ2) is 9.32. The van der Waals surface area contributed by atoms with E-state index in [-0.39, 0.29) is 13.1 Å². The molecule has 0 saturated carbocycles. The first-order valence-corrected chi connectivity index (χ1v) is 11.9. The third-order valence-electron chi connectivity index (χ3n) is 2.27. The van der Waals surface area contributed by atoms with Gasteiger partial charge in [0, 0.05) is 10.7 Å². The summed E-state index contributed by atoms with van der Waals surface area (Å²) < 4.78 is 8.44. The molecule has 0 aromatic carbocycles. The predicted molar refractivity (Wildman–Crippen MR) is 106 cm³/mol. The number of hydrogen-bond acceptors (Lipinski definition) is 3. The van der Waals surface area contributed by atoms with E-state index in [1.54, 1.807) is 32.6 Å². The van der Waals surface area contributed by atoms with Crippen LogP contribution in [-0.4, -0.2) is 29.3 Å². The van der Waals surface area contributed by atoms with Gasteiger partial charge < -0.3 is 0 Å². The van der Waals surface area contributed by atoms with Crippen LogP contribution in [0, 0.1) is 17.0 Å². The Hall–Kier alpha value is 0.789. The van der Waals surface area contributed by atoms with E-state index in [1.807, 2.05) is 18.6 Å². The van der Waals surface area contributed by atoms with Gasteiger partial charge >= 0.3 is 33.3 Å². The van der Waals surface area contributed by atoms with E-state index in [0.717, 1.165) is 17.0 Å². The van der Waals surface area contributed by atoms with Crippen molar-refractivity contribution >= 4 is 88.0 Å². The van der Waals surface area contributed by atoms with Gasteiger partial charge in [-0.2, -0.15) is 15.3 Å². The van der Waals surface area contributed by atoms with Crippen LogP contribution < -0.4 is 0 Å². The molecule has 0 N–H and O–H groups in total. The van der Waals surface area contributed by atoms with E-state index >= 15 is 0 Å². The van der Waals surface area contributed by atoms with Gasteiger partial charge in [0.15, 0.2) is 6.29 Å². The van der Waals surface area contributed by atoms with Crippen molar-refractivity contribution in [3.8, 4) is 0 Å². The molecule has 0 saturated heterocycles. The molecular formula is C10H6Cl2I3MnN6-. The molecule has 0 radical (unpaired) electrons. The maximum atomic E-state index is 4.80. The van der Waals surface area contributed by atoms with E-state index in [9.17, 15) is 0 Å². The van der Waals surface area contributed by atoms with Crippen molar-refractivity contribution in [1.82, 2.24) is 29.3 Å². The van der Waals surface area contributed by atoms with Crippen molar-refractivity contribution in [2.45, 2.75) is 0 Å². The Morgan fingerprint density at radius 3 is 1.23 bits per heavy atom. The zero-order chi connectivity index (χ0) is 16.1. The van der Waals surface area contributed by atoms with Crippen molar-refractivity contribution < 1.29 is 13.1 Å². The fraction of sp³-hybridized carbons (Fsp3) is 0. The van der Waals surface area contributed by atoms with Gasteiger partial charge in [0.05, 0.1) is 18.6 Å². The molecule has 119 valence electrons. The fourth-order valence-corrected chi connectivity index (χ4v) is 2.71. The molecule has 0 bridgehead atoms. The van der Waals surface area contributed by atoms with Gasteiger partial charge in [-0.3, -0.25) is 14.0 Å². The Morgan fingerprint density at radius 1 is 0.773 bits per heavy atom. The molecule has 0 fully saturated rings. The number of aromatic nitrogens is 6. The summed E-state index contributed by atoms with van der Waals surface area (Å²) in [4.78, 5) is 0. The van der Waals surface area contributed by atoms with Gasteiger partial charge in [-0.15, -0.1) is 0 Å². The average Bonchev–Trinajstić information content (AvgIpc) is 3.16. The third-order valence-corrected chi connectivity index (χ3v) is 3.94. The maximum absolute atomic E-state index is 4.80. The Morgan fingerprint density at radius 2 is 1.05 bits per heavy atom. The molecule has 0 aliphatic carbocycles. The Kier molecular flexibility index (Phi) is 8.10. The summed E-state index contributed by atoms with van der Waals surface area (Å²) in [7, 11) is 9.59. The predicted octanol–water partition coefficient (Wildman–Crippen LogP) is 3.86. The summed E-state index contributed by atoms with van der Waals surface area (Å²) in [6, 6.07) is 0. The molecule has 6 nitrogen and oxygen atoms in total. The van der Waals surface area contributed by atoms with E-state index in [4.69, 9.17) is 20.2 Å². The van der Waals surface area contributed by atoms with E-state index in [1.165, 1.54) is 0 Å².